The van der Waals surface area contributed by atoms with Crippen molar-refractivity contribution in [3.8, 4) is 0 Å². The minimum Gasteiger partial charge on any atom is -0.450 e. The van der Waals surface area contributed by atoms with Gasteiger partial charge in [-0.05, 0) is 0 Å². The van der Waals surface area contributed by atoms with Crippen molar-refractivity contribution in [2.75, 3.05) is 0 Å². The molecule has 0 aliphatic heterocycles. The zero-order valence-electron chi connectivity index (χ0n) is 6.32. The fraction of sp³-hybridized carbons (Fsp3) is 0. The first-order valence-electron chi connectivity index (χ1n) is 2.41. The van der Waals surface area contributed by atoms with Crippen LogP contribution >= 0.6 is 0 Å². The lowest BCUT2D eigenvalue weighted by Gasteiger charge is -1.69. The number of guanidine groups is 2. The Morgan fingerprint density at radius 1 is 1.33 bits per heavy atom. The quantitative estimate of drug-likeness (QED) is 0.136. The molecule has 0 radical (unpaired) electrons. The topological polar surface area (TPSA) is 213 Å². The second kappa shape index (κ2) is 11.7. The SMILES string of the molecule is N=C(N)N.NC(=[NH2+])[NH3+].O=C(O)O. The van der Waals surface area contributed by atoms with Crippen molar-refractivity contribution in [2.24, 2.45) is 17.2 Å². The molecular formula is C3H14N6O3+2. The van der Waals surface area contributed by atoms with Crippen LogP contribution < -0.4 is 28.3 Å². The van der Waals surface area contributed by atoms with Crippen LogP contribution in [0.2, 0.25) is 0 Å². The predicted octanol–water partition coefficient (Wildman–Crippen LogP) is -4.64. The third kappa shape index (κ3) is 94.0. The lowest BCUT2D eigenvalue weighted by Crippen LogP contribution is -2.74. The van der Waals surface area contributed by atoms with Crippen molar-refractivity contribution in [3.05, 3.63) is 0 Å². The fourth-order valence-electron chi connectivity index (χ4n) is 0. The maximum absolute atomic E-state index is 8.56. The van der Waals surface area contributed by atoms with Crippen LogP contribution in [0.4, 0.5) is 4.79 Å². The molecule has 0 atom stereocenters. The Labute approximate surface area is 68.0 Å². The standard InChI is InChI=1S/2CH5N3.CH2O3/c3*2-1(3)4/h2*(H5,2,3,4);(H2,2,3,4)/p+2. The van der Waals surface area contributed by atoms with Crippen LogP contribution in [0.15, 0.2) is 0 Å². The molecule has 0 aliphatic carbocycles. The Hall–Kier alpha value is -2.03. The van der Waals surface area contributed by atoms with Gasteiger partial charge in [-0.1, -0.05) is 0 Å². The lowest BCUT2D eigenvalue weighted by atomic mass is 11.1. The summed E-state index contributed by atoms with van der Waals surface area (Å²) in [7, 11) is 0. The highest BCUT2D eigenvalue weighted by Gasteiger charge is 1.71. The number of hydrogen-bond donors (Lipinski definition) is 8. The highest BCUT2D eigenvalue weighted by molar-refractivity contribution is 5.71. The Bertz CT molecular complexity index is 116. The van der Waals surface area contributed by atoms with Gasteiger partial charge in [0.25, 0.3) is 0 Å². The van der Waals surface area contributed by atoms with Gasteiger partial charge in [-0.15, -0.1) is 0 Å². The normalized spacial score (nSPS) is 6.08. The molecule has 0 bridgehead atoms. The molecule has 0 unspecified atom stereocenters. The van der Waals surface area contributed by atoms with Gasteiger partial charge in [0.1, 0.15) is 0 Å². The molecule has 0 fully saturated rings. The highest BCUT2D eigenvalue weighted by atomic mass is 16.6. The summed E-state index contributed by atoms with van der Waals surface area (Å²) in [6.45, 7) is 0. The number of quaternary nitrogens is 1. The monoisotopic (exact) mass is 182 g/mol. The Balaban J connectivity index is -0.000000101. The molecule has 9 nitrogen and oxygen atoms in total. The molecule has 0 spiro atoms. The molecule has 0 aliphatic rings. The maximum Gasteiger partial charge on any atom is 0.503 e. The van der Waals surface area contributed by atoms with Gasteiger partial charge in [0, 0.05) is 0 Å². The Morgan fingerprint density at radius 3 is 1.33 bits per heavy atom. The number of hydrogen-bond acceptors (Lipinski definition) is 2. The summed E-state index contributed by atoms with van der Waals surface area (Å²) < 4.78 is 0. The van der Waals surface area contributed by atoms with E-state index in [4.69, 9.17) is 31.6 Å². The minimum absolute atomic E-state index is 0.167. The summed E-state index contributed by atoms with van der Waals surface area (Å²) >= 11 is 0. The molecule has 72 valence electrons. The average Bonchev–Trinajstić information content (AvgIpc) is 1.54. The van der Waals surface area contributed by atoms with E-state index in [0.29, 0.717) is 0 Å². The van der Waals surface area contributed by atoms with Gasteiger partial charge in [0.15, 0.2) is 5.96 Å². The number of carboxylic acid groups (broad SMARTS) is 2. The number of nitrogens with two attached hydrogens (primary N) is 4. The van der Waals surface area contributed by atoms with Gasteiger partial charge >= 0.3 is 12.1 Å². The van der Waals surface area contributed by atoms with Crippen molar-refractivity contribution < 1.29 is 26.2 Å². The summed E-state index contributed by atoms with van der Waals surface area (Å²) in [6.07, 6.45) is -1.83. The second-order valence-corrected chi connectivity index (χ2v) is 1.31. The summed E-state index contributed by atoms with van der Waals surface area (Å²) in [5.74, 6) is -0.167. The summed E-state index contributed by atoms with van der Waals surface area (Å²) in [5.41, 5.74) is 16.8. The molecule has 0 aromatic rings. The van der Waals surface area contributed by atoms with Crippen LogP contribution in [-0.2, 0) is 0 Å². The number of rotatable bonds is 0. The van der Waals surface area contributed by atoms with Gasteiger partial charge < -0.3 is 21.7 Å². The van der Waals surface area contributed by atoms with Crippen molar-refractivity contribution in [1.82, 2.24) is 0 Å². The molecule has 0 saturated carbocycles. The highest BCUT2D eigenvalue weighted by Crippen LogP contribution is 1.42. The molecule has 12 heavy (non-hydrogen) atoms. The van der Waals surface area contributed by atoms with Gasteiger partial charge in [0.05, 0.1) is 0 Å². The molecule has 0 heterocycles. The second-order valence-electron chi connectivity index (χ2n) is 1.31. The van der Waals surface area contributed by atoms with Gasteiger partial charge in [-0.3, -0.25) is 11.1 Å². The first-order chi connectivity index (χ1) is 5.20. The molecule has 0 aromatic heterocycles. The zero-order chi connectivity index (χ0) is 10.7. The Morgan fingerprint density at radius 2 is 1.33 bits per heavy atom. The molecule has 9 heteroatoms. The largest absolute Gasteiger partial charge is 0.503 e. The van der Waals surface area contributed by atoms with E-state index < -0.39 is 6.16 Å². The number of nitrogens with one attached hydrogen (secondary N) is 1. The average molecular weight is 182 g/mol. The van der Waals surface area contributed by atoms with Crippen LogP contribution in [0.5, 0.6) is 0 Å². The molecule has 0 saturated heterocycles. The summed E-state index contributed by atoms with van der Waals surface area (Å²) in [6, 6.07) is 0. The Kier molecular flexibility index (Phi) is 16.1. The van der Waals surface area contributed by atoms with E-state index in [0.717, 1.165) is 0 Å². The van der Waals surface area contributed by atoms with Crippen LogP contribution in [-0.4, -0.2) is 28.3 Å². The van der Waals surface area contributed by atoms with E-state index in [1.54, 1.807) is 0 Å². The summed E-state index contributed by atoms with van der Waals surface area (Å²) in [4.78, 5) is 8.56. The zero-order valence-corrected chi connectivity index (χ0v) is 6.32. The molecule has 0 amide bonds. The van der Waals surface area contributed by atoms with E-state index in [9.17, 15) is 0 Å². The molecular weight excluding hydrogens is 168 g/mol. The fourth-order valence-corrected chi connectivity index (χ4v) is 0. The number of carbonyl (C=O) groups is 1. The lowest BCUT2D eigenvalue weighted by molar-refractivity contribution is -0.304. The van der Waals surface area contributed by atoms with E-state index in [1.807, 2.05) is 0 Å². The first kappa shape index (κ1) is 16.5. The maximum atomic E-state index is 8.56. The van der Waals surface area contributed by atoms with Crippen molar-refractivity contribution in [1.29, 1.82) is 5.41 Å². The van der Waals surface area contributed by atoms with Crippen LogP contribution in [0.25, 0.3) is 0 Å². The first-order valence-corrected chi connectivity index (χ1v) is 2.41. The molecule has 14 N–H and O–H groups in total. The van der Waals surface area contributed by atoms with Crippen LogP contribution in [0, 0.1) is 5.41 Å². The van der Waals surface area contributed by atoms with E-state index in [1.165, 1.54) is 0 Å². The van der Waals surface area contributed by atoms with Crippen LogP contribution in [0.3, 0.4) is 0 Å². The van der Waals surface area contributed by atoms with Gasteiger partial charge in [0.2, 0.25) is 0 Å². The van der Waals surface area contributed by atoms with Gasteiger partial charge in [-0.25, -0.2) is 15.9 Å². The van der Waals surface area contributed by atoms with Crippen molar-refractivity contribution in [2.45, 2.75) is 0 Å². The van der Waals surface area contributed by atoms with Crippen molar-refractivity contribution >= 4 is 18.1 Å². The third-order valence-corrected chi connectivity index (χ3v) is 0. The van der Waals surface area contributed by atoms with E-state index in [2.05, 4.69) is 17.2 Å². The smallest absolute Gasteiger partial charge is 0.450 e. The predicted molar refractivity (Wildman–Crippen MR) is 40.8 cm³/mol. The molecule has 0 rings (SSSR count). The van der Waals surface area contributed by atoms with Crippen LogP contribution in [0.1, 0.15) is 0 Å². The summed E-state index contributed by atoms with van der Waals surface area (Å²) in [5, 5.41) is 24.7. The van der Waals surface area contributed by atoms with E-state index >= 15 is 0 Å². The minimum atomic E-state index is -1.83. The third-order valence-electron chi connectivity index (χ3n) is 0. The van der Waals surface area contributed by atoms with E-state index in [-0.39, 0.29) is 11.9 Å². The van der Waals surface area contributed by atoms with Gasteiger partial charge in [-0.2, -0.15) is 0 Å². The molecule has 0 aromatic carbocycles. The van der Waals surface area contributed by atoms with Crippen molar-refractivity contribution in [3.63, 3.8) is 0 Å².